The molecule has 1 aliphatic rings. The van der Waals surface area contributed by atoms with Gasteiger partial charge in [-0.3, -0.25) is 9.59 Å². The molecule has 2 atom stereocenters. The lowest BCUT2D eigenvalue weighted by Gasteiger charge is -2.36. The molecule has 1 saturated heterocycles. The molecule has 2 heterocycles. The molecule has 1 fully saturated rings. The van der Waals surface area contributed by atoms with Gasteiger partial charge in [0.2, 0.25) is 0 Å². The second kappa shape index (κ2) is 4.80. The van der Waals surface area contributed by atoms with Crippen LogP contribution < -0.4 is 0 Å². The number of hydrogen-bond acceptors (Lipinski definition) is 4. The van der Waals surface area contributed by atoms with Crippen LogP contribution in [0.1, 0.15) is 35.9 Å². The Hall–Kier alpha value is -1.85. The number of aryl methyl sites for hydroxylation is 1. The first-order chi connectivity index (χ1) is 8.50. The largest absolute Gasteiger partial charge is 0.481 e. The fraction of sp³-hybridized carbons (Fsp3) is 0.583. The Morgan fingerprint density at radius 3 is 2.78 bits per heavy atom. The van der Waals surface area contributed by atoms with Crippen molar-refractivity contribution >= 4 is 11.9 Å². The predicted octanol–water partition coefficient (Wildman–Crippen LogP) is 1.31. The Morgan fingerprint density at radius 1 is 1.56 bits per heavy atom. The summed E-state index contributed by atoms with van der Waals surface area (Å²) < 4.78 is 4.88. The van der Waals surface area contributed by atoms with Crippen LogP contribution in [0, 0.1) is 12.8 Å². The number of likely N-dealkylation sites (tertiary alicyclic amines) is 1. The van der Waals surface area contributed by atoms with Gasteiger partial charge in [0.15, 0.2) is 0 Å². The van der Waals surface area contributed by atoms with Crippen LogP contribution in [0.2, 0.25) is 0 Å². The van der Waals surface area contributed by atoms with Crippen LogP contribution in [-0.2, 0) is 4.79 Å². The van der Waals surface area contributed by atoms with E-state index in [1.807, 2.05) is 6.92 Å². The summed E-state index contributed by atoms with van der Waals surface area (Å²) in [6, 6.07) is -0.0818. The lowest BCUT2D eigenvalue weighted by Crippen LogP contribution is -2.46. The summed E-state index contributed by atoms with van der Waals surface area (Å²) in [5.74, 6) is -0.777. The van der Waals surface area contributed by atoms with Gasteiger partial charge >= 0.3 is 5.97 Å². The molecular formula is C12H16N2O4. The van der Waals surface area contributed by atoms with Gasteiger partial charge in [0.1, 0.15) is 11.3 Å². The molecular weight excluding hydrogens is 236 g/mol. The highest BCUT2D eigenvalue weighted by Gasteiger charge is 2.33. The molecule has 1 N–H and O–H groups in total. The Labute approximate surface area is 105 Å². The lowest BCUT2D eigenvalue weighted by molar-refractivity contribution is -0.143. The standard InChI is InChI=1S/C12H16N2O4/c1-7-5-9(12(16)17)3-4-14(7)11(15)10-6-13-18-8(10)2/h6-7,9H,3-5H2,1-2H3,(H,16,17). The van der Waals surface area contributed by atoms with Crippen molar-refractivity contribution in [2.24, 2.45) is 5.92 Å². The van der Waals surface area contributed by atoms with E-state index < -0.39 is 5.97 Å². The first kappa shape index (κ1) is 12.6. The maximum atomic E-state index is 12.2. The molecule has 1 aromatic heterocycles. The van der Waals surface area contributed by atoms with Crippen LogP contribution in [0.25, 0.3) is 0 Å². The number of carboxylic acids is 1. The van der Waals surface area contributed by atoms with E-state index >= 15 is 0 Å². The molecule has 0 saturated carbocycles. The summed E-state index contributed by atoms with van der Waals surface area (Å²) in [6.45, 7) is 4.02. The van der Waals surface area contributed by atoms with E-state index in [1.165, 1.54) is 6.20 Å². The summed E-state index contributed by atoms with van der Waals surface area (Å²) in [4.78, 5) is 24.9. The third-order valence-electron chi connectivity index (χ3n) is 3.47. The summed E-state index contributed by atoms with van der Waals surface area (Å²) in [5, 5.41) is 12.6. The maximum Gasteiger partial charge on any atom is 0.306 e. The van der Waals surface area contributed by atoms with Crippen LogP contribution in [0.4, 0.5) is 0 Å². The van der Waals surface area contributed by atoms with Crippen LogP contribution in [-0.4, -0.2) is 39.6 Å². The highest BCUT2D eigenvalue weighted by atomic mass is 16.5. The van der Waals surface area contributed by atoms with Gasteiger partial charge < -0.3 is 14.5 Å². The summed E-state index contributed by atoms with van der Waals surface area (Å²) in [5.41, 5.74) is 0.454. The van der Waals surface area contributed by atoms with E-state index in [0.29, 0.717) is 30.7 Å². The van der Waals surface area contributed by atoms with E-state index in [4.69, 9.17) is 9.63 Å². The summed E-state index contributed by atoms with van der Waals surface area (Å²) in [6.07, 6.45) is 2.40. The number of piperidine rings is 1. The van der Waals surface area contributed by atoms with Crippen molar-refractivity contribution in [3.63, 3.8) is 0 Å². The molecule has 0 spiro atoms. The average molecular weight is 252 g/mol. The molecule has 6 nitrogen and oxygen atoms in total. The predicted molar refractivity (Wildman–Crippen MR) is 62.1 cm³/mol. The number of nitrogens with zero attached hydrogens (tertiary/aromatic N) is 2. The monoisotopic (exact) mass is 252 g/mol. The number of carbonyl (C=O) groups excluding carboxylic acids is 1. The van der Waals surface area contributed by atoms with E-state index in [9.17, 15) is 9.59 Å². The van der Waals surface area contributed by atoms with Crippen molar-refractivity contribution in [3.05, 3.63) is 17.5 Å². The minimum Gasteiger partial charge on any atom is -0.481 e. The number of aromatic nitrogens is 1. The quantitative estimate of drug-likeness (QED) is 0.857. The van der Waals surface area contributed by atoms with Crippen molar-refractivity contribution < 1.29 is 19.2 Å². The van der Waals surface area contributed by atoms with Gasteiger partial charge in [-0.15, -0.1) is 0 Å². The lowest BCUT2D eigenvalue weighted by atomic mass is 9.91. The van der Waals surface area contributed by atoms with E-state index in [-0.39, 0.29) is 17.9 Å². The zero-order valence-electron chi connectivity index (χ0n) is 10.4. The number of aliphatic carboxylic acids is 1. The molecule has 2 rings (SSSR count). The molecule has 1 aliphatic heterocycles. The Morgan fingerprint density at radius 2 is 2.28 bits per heavy atom. The average Bonchev–Trinajstić information content (AvgIpc) is 2.74. The molecule has 6 heteroatoms. The van der Waals surface area contributed by atoms with Crippen molar-refractivity contribution in [2.75, 3.05) is 6.54 Å². The number of hydrogen-bond donors (Lipinski definition) is 1. The van der Waals surface area contributed by atoms with E-state index in [1.54, 1.807) is 11.8 Å². The first-order valence-corrected chi connectivity index (χ1v) is 5.95. The minimum absolute atomic E-state index is 0.0818. The SMILES string of the molecule is Cc1oncc1C(=O)N1CCC(C(=O)O)CC1C. The summed E-state index contributed by atoms with van der Waals surface area (Å²) in [7, 11) is 0. The number of rotatable bonds is 2. The Balaban J connectivity index is 2.10. The third kappa shape index (κ3) is 2.23. The molecule has 1 aromatic rings. The molecule has 0 aromatic carbocycles. The topological polar surface area (TPSA) is 83.6 Å². The van der Waals surface area contributed by atoms with E-state index in [0.717, 1.165) is 0 Å². The van der Waals surface area contributed by atoms with Crippen LogP contribution in [0.15, 0.2) is 10.7 Å². The second-order valence-corrected chi connectivity index (χ2v) is 4.70. The van der Waals surface area contributed by atoms with Gasteiger partial charge in [0.25, 0.3) is 5.91 Å². The van der Waals surface area contributed by atoms with Crippen LogP contribution in [0.5, 0.6) is 0 Å². The Bertz CT molecular complexity index is 468. The highest BCUT2D eigenvalue weighted by molar-refractivity contribution is 5.95. The van der Waals surface area contributed by atoms with Crippen molar-refractivity contribution in [2.45, 2.75) is 32.7 Å². The van der Waals surface area contributed by atoms with Gasteiger partial charge in [-0.25, -0.2) is 0 Å². The maximum absolute atomic E-state index is 12.2. The van der Waals surface area contributed by atoms with Gasteiger partial charge in [0.05, 0.1) is 12.1 Å². The zero-order chi connectivity index (χ0) is 13.3. The number of carbonyl (C=O) groups is 2. The third-order valence-corrected chi connectivity index (χ3v) is 3.47. The Kier molecular flexibility index (Phi) is 3.36. The molecule has 98 valence electrons. The van der Waals surface area contributed by atoms with Crippen molar-refractivity contribution in [3.8, 4) is 0 Å². The molecule has 0 bridgehead atoms. The molecule has 2 unspecified atom stereocenters. The normalized spacial score (nSPS) is 24.0. The van der Waals surface area contributed by atoms with Gasteiger partial charge in [0, 0.05) is 12.6 Å². The van der Waals surface area contributed by atoms with Crippen molar-refractivity contribution in [1.82, 2.24) is 10.1 Å². The first-order valence-electron chi connectivity index (χ1n) is 5.95. The van der Waals surface area contributed by atoms with Crippen LogP contribution in [0.3, 0.4) is 0 Å². The molecule has 1 amide bonds. The number of carboxylic acid groups (broad SMARTS) is 1. The molecule has 0 radical (unpaired) electrons. The smallest absolute Gasteiger partial charge is 0.306 e. The van der Waals surface area contributed by atoms with E-state index in [2.05, 4.69) is 5.16 Å². The number of amides is 1. The molecule has 0 aliphatic carbocycles. The second-order valence-electron chi connectivity index (χ2n) is 4.70. The zero-order valence-corrected chi connectivity index (χ0v) is 10.4. The van der Waals surface area contributed by atoms with Crippen LogP contribution >= 0.6 is 0 Å². The van der Waals surface area contributed by atoms with Gasteiger partial charge in [-0.05, 0) is 26.7 Å². The summed E-state index contributed by atoms with van der Waals surface area (Å²) >= 11 is 0. The fourth-order valence-electron chi connectivity index (χ4n) is 2.36. The van der Waals surface area contributed by atoms with Crippen molar-refractivity contribution in [1.29, 1.82) is 0 Å². The molecule has 18 heavy (non-hydrogen) atoms. The fourth-order valence-corrected chi connectivity index (χ4v) is 2.36. The van der Waals surface area contributed by atoms with Gasteiger partial charge in [-0.1, -0.05) is 5.16 Å². The highest BCUT2D eigenvalue weighted by Crippen LogP contribution is 2.25. The minimum atomic E-state index is -0.782. The van der Waals surface area contributed by atoms with Gasteiger partial charge in [-0.2, -0.15) is 0 Å².